The summed E-state index contributed by atoms with van der Waals surface area (Å²) >= 11 is 0. The van der Waals surface area contributed by atoms with Crippen LogP contribution in [0, 0.1) is 5.82 Å². The monoisotopic (exact) mass is 293 g/mol. The van der Waals surface area contributed by atoms with E-state index in [1.165, 1.54) is 18.2 Å². The van der Waals surface area contributed by atoms with Crippen LogP contribution in [0.3, 0.4) is 0 Å². The maximum Gasteiger partial charge on any atom is 0.239 e. The molecule has 0 aliphatic carbocycles. The molecule has 1 aliphatic heterocycles. The molecule has 1 aromatic rings. The lowest BCUT2D eigenvalue weighted by molar-refractivity contribution is -0.132. The fourth-order valence-corrected chi connectivity index (χ4v) is 2.32. The molecule has 0 spiro atoms. The zero-order chi connectivity index (χ0) is 15.2. The molecule has 0 aromatic heterocycles. The quantitative estimate of drug-likeness (QED) is 0.862. The molecule has 0 bridgehead atoms. The highest BCUT2D eigenvalue weighted by atomic mass is 19.1. The summed E-state index contributed by atoms with van der Waals surface area (Å²) in [4.78, 5) is 25.6. The molecule has 0 radical (unpaired) electrons. The van der Waals surface area contributed by atoms with Crippen LogP contribution in [0.2, 0.25) is 0 Å². The molecule has 1 atom stereocenters. The summed E-state index contributed by atoms with van der Waals surface area (Å²) in [6, 6.07) is 5.29. The number of nitrogens with one attached hydrogen (secondary N) is 2. The van der Waals surface area contributed by atoms with E-state index < -0.39 is 11.9 Å². The van der Waals surface area contributed by atoms with Gasteiger partial charge in [-0.05, 0) is 38.0 Å². The summed E-state index contributed by atoms with van der Waals surface area (Å²) in [5.41, 5.74) is 0.403. The number of hydrogen-bond acceptors (Lipinski definition) is 3. The number of hydrogen-bond donors (Lipinski definition) is 2. The van der Waals surface area contributed by atoms with Gasteiger partial charge < -0.3 is 10.2 Å². The summed E-state index contributed by atoms with van der Waals surface area (Å²) < 4.78 is 13.0. The average Bonchev–Trinajstić information content (AvgIpc) is 2.98. The second kappa shape index (κ2) is 7.17. The minimum Gasteiger partial charge on any atom is -0.341 e. The Kier molecular flexibility index (Phi) is 5.27. The summed E-state index contributed by atoms with van der Waals surface area (Å²) in [6.07, 6.45) is 2.08. The van der Waals surface area contributed by atoms with Crippen LogP contribution in [-0.4, -0.2) is 42.4 Å². The standard InChI is InChI=1S/C15H20FN3O2/c1-11(15(21)19-7-2-3-8-19)17-10-14(20)18-13-6-4-5-12(16)9-13/h4-6,9,11,17H,2-3,7-8,10H2,1H3,(H,18,20). The van der Waals surface area contributed by atoms with Gasteiger partial charge in [0.15, 0.2) is 0 Å². The van der Waals surface area contributed by atoms with Crippen molar-refractivity contribution in [2.75, 3.05) is 25.0 Å². The van der Waals surface area contributed by atoms with Crippen molar-refractivity contribution in [3.8, 4) is 0 Å². The molecule has 2 amide bonds. The van der Waals surface area contributed by atoms with Gasteiger partial charge in [-0.2, -0.15) is 0 Å². The molecule has 1 fully saturated rings. The van der Waals surface area contributed by atoms with E-state index in [1.54, 1.807) is 13.0 Å². The molecule has 1 aliphatic rings. The number of carbonyl (C=O) groups is 2. The highest BCUT2D eigenvalue weighted by Gasteiger charge is 2.23. The largest absolute Gasteiger partial charge is 0.341 e. The van der Waals surface area contributed by atoms with E-state index in [2.05, 4.69) is 10.6 Å². The third-order valence-electron chi connectivity index (χ3n) is 3.47. The molecule has 0 saturated carbocycles. The molecular formula is C15H20FN3O2. The SMILES string of the molecule is CC(NCC(=O)Nc1cccc(F)c1)C(=O)N1CCCC1. The third kappa shape index (κ3) is 4.53. The van der Waals surface area contributed by atoms with Crippen molar-refractivity contribution in [1.29, 1.82) is 0 Å². The van der Waals surface area contributed by atoms with Crippen molar-refractivity contribution in [2.24, 2.45) is 0 Å². The first-order valence-corrected chi connectivity index (χ1v) is 7.14. The predicted molar refractivity (Wildman–Crippen MR) is 78.3 cm³/mol. The summed E-state index contributed by atoms with van der Waals surface area (Å²) in [5, 5.41) is 5.48. The number of nitrogens with zero attached hydrogens (tertiary/aromatic N) is 1. The Balaban J connectivity index is 1.76. The molecule has 1 heterocycles. The van der Waals surface area contributed by atoms with E-state index in [0.29, 0.717) is 5.69 Å². The van der Waals surface area contributed by atoms with Gasteiger partial charge in [0.2, 0.25) is 11.8 Å². The Morgan fingerprint density at radius 2 is 2.05 bits per heavy atom. The summed E-state index contributed by atoms with van der Waals surface area (Å²) in [5.74, 6) is -0.689. The molecule has 114 valence electrons. The number of amides is 2. The van der Waals surface area contributed by atoms with Crippen molar-refractivity contribution >= 4 is 17.5 Å². The van der Waals surface area contributed by atoms with Gasteiger partial charge in [-0.15, -0.1) is 0 Å². The third-order valence-corrected chi connectivity index (χ3v) is 3.47. The predicted octanol–water partition coefficient (Wildman–Crippen LogP) is 1.36. The highest BCUT2D eigenvalue weighted by Crippen LogP contribution is 2.10. The molecule has 21 heavy (non-hydrogen) atoms. The Morgan fingerprint density at radius 3 is 2.71 bits per heavy atom. The average molecular weight is 293 g/mol. The Bertz CT molecular complexity index is 515. The number of rotatable bonds is 5. The van der Waals surface area contributed by atoms with Gasteiger partial charge >= 0.3 is 0 Å². The maximum atomic E-state index is 13.0. The first-order valence-electron chi connectivity index (χ1n) is 7.14. The minimum atomic E-state index is -0.404. The summed E-state index contributed by atoms with van der Waals surface area (Å²) in [6.45, 7) is 3.34. The lowest BCUT2D eigenvalue weighted by Gasteiger charge is -2.21. The first kappa shape index (κ1) is 15.4. The van der Waals surface area contributed by atoms with Crippen molar-refractivity contribution < 1.29 is 14.0 Å². The molecule has 2 rings (SSSR count). The van der Waals surface area contributed by atoms with Crippen LogP contribution in [0.5, 0.6) is 0 Å². The van der Waals surface area contributed by atoms with E-state index in [9.17, 15) is 14.0 Å². The van der Waals surface area contributed by atoms with Crippen molar-refractivity contribution in [1.82, 2.24) is 10.2 Å². The molecule has 1 aromatic carbocycles. The minimum absolute atomic E-state index is 0.0112. The molecule has 1 unspecified atom stereocenters. The van der Waals surface area contributed by atoms with Gasteiger partial charge in [0, 0.05) is 18.8 Å². The van der Waals surface area contributed by atoms with Crippen molar-refractivity contribution in [3.63, 3.8) is 0 Å². The molecule has 2 N–H and O–H groups in total. The van der Waals surface area contributed by atoms with Crippen molar-refractivity contribution in [2.45, 2.75) is 25.8 Å². The van der Waals surface area contributed by atoms with Crippen LogP contribution in [0.15, 0.2) is 24.3 Å². The Labute approximate surface area is 123 Å². The van der Waals surface area contributed by atoms with Crippen LogP contribution in [-0.2, 0) is 9.59 Å². The second-order valence-corrected chi connectivity index (χ2v) is 5.19. The number of carbonyl (C=O) groups excluding carboxylic acids is 2. The molecular weight excluding hydrogens is 273 g/mol. The van der Waals surface area contributed by atoms with Gasteiger partial charge in [0.1, 0.15) is 5.82 Å². The number of benzene rings is 1. The zero-order valence-electron chi connectivity index (χ0n) is 12.1. The van der Waals surface area contributed by atoms with Gasteiger partial charge in [0.25, 0.3) is 0 Å². The van der Waals surface area contributed by atoms with E-state index >= 15 is 0 Å². The van der Waals surface area contributed by atoms with Crippen LogP contribution in [0.4, 0.5) is 10.1 Å². The van der Waals surface area contributed by atoms with Gasteiger partial charge in [-0.25, -0.2) is 4.39 Å². The van der Waals surface area contributed by atoms with E-state index in [1.807, 2.05) is 4.90 Å². The second-order valence-electron chi connectivity index (χ2n) is 5.19. The van der Waals surface area contributed by atoms with E-state index in [0.717, 1.165) is 25.9 Å². The van der Waals surface area contributed by atoms with Gasteiger partial charge in [-0.3, -0.25) is 14.9 Å². The number of anilines is 1. The van der Waals surface area contributed by atoms with E-state index in [4.69, 9.17) is 0 Å². The van der Waals surface area contributed by atoms with Gasteiger partial charge in [-0.1, -0.05) is 6.07 Å². The Morgan fingerprint density at radius 1 is 1.33 bits per heavy atom. The van der Waals surface area contributed by atoms with Gasteiger partial charge in [0.05, 0.1) is 12.6 Å². The smallest absolute Gasteiger partial charge is 0.239 e. The van der Waals surface area contributed by atoms with Crippen LogP contribution < -0.4 is 10.6 Å². The van der Waals surface area contributed by atoms with Crippen molar-refractivity contribution in [3.05, 3.63) is 30.1 Å². The van der Waals surface area contributed by atoms with Crippen LogP contribution >= 0.6 is 0 Å². The number of likely N-dealkylation sites (tertiary alicyclic amines) is 1. The maximum absolute atomic E-state index is 13.0. The molecule has 5 nitrogen and oxygen atoms in total. The summed E-state index contributed by atoms with van der Waals surface area (Å²) in [7, 11) is 0. The topological polar surface area (TPSA) is 61.4 Å². The fraction of sp³-hybridized carbons (Fsp3) is 0.467. The first-order chi connectivity index (χ1) is 10.1. The highest BCUT2D eigenvalue weighted by molar-refractivity contribution is 5.92. The normalized spacial score (nSPS) is 15.8. The molecule has 1 saturated heterocycles. The van der Waals surface area contributed by atoms with Crippen LogP contribution in [0.1, 0.15) is 19.8 Å². The van der Waals surface area contributed by atoms with Crippen LogP contribution in [0.25, 0.3) is 0 Å². The lowest BCUT2D eigenvalue weighted by Crippen LogP contribution is -2.45. The number of halogens is 1. The molecule has 6 heteroatoms. The Hall–Kier alpha value is -1.95. The zero-order valence-corrected chi connectivity index (χ0v) is 12.1. The fourth-order valence-electron chi connectivity index (χ4n) is 2.32. The van der Waals surface area contributed by atoms with E-state index in [-0.39, 0.29) is 18.4 Å². The lowest BCUT2D eigenvalue weighted by atomic mass is 10.3.